The van der Waals surface area contributed by atoms with Crippen LogP contribution in [-0.2, 0) is 17.9 Å². The molecule has 1 amide bonds. The first-order valence-electron chi connectivity index (χ1n) is 5.55. The molecule has 1 N–H and O–H groups in total. The lowest BCUT2D eigenvalue weighted by atomic mass is 10.1. The Morgan fingerprint density at radius 2 is 1.81 bits per heavy atom. The maximum Gasteiger partial charge on any atom is 0.460 e. The van der Waals surface area contributed by atoms with E-state index in [1.165, 1.54) is 16.2 Å². The molecular weight excluding hydrogens is 311 g/mol. The minimum atomic E-state index is -6.54. The second-order valence-corrected chi connectivity index (χ2v) is 4.03. The van der Waals surface area contributed by atoms with Crippen molar-refractivity contribution in [3.63, 3.8) is 0 Å². The van der Waals surface area contributed by atoms with E-state index in [9.17, 15) is 35.5 Å². The number of aromatic nitrogens is 2. The summed E-state index contributed by atoms with van der Waals surface area (Å²) in [5.41, 5.74) is 0.177. The van der Waals surface area contributed by atoms with E-state index in [0.717, 1.165) is 6.20 Å². The fraction of sp³-hybridized carbons (Fsp3) is 0.600. The van der Waals surface area contributed by atoms with Gasteiger partial charge < -0.3 is 5.32 Å². The number of aryl methyl sites for hydroxylation is 1. The van der Waals surface area contributed by atoms with E-state index in [4.69, 9.17) is 0 Å². The summed E-state index contributed by atoms with van der Waals surface area (Å²) in [4.78, 5) is 10.9. The molecule has 120 valence electrons. The number of carbonyl (C=O) groups is 1. The zero-order valence-electron chi connectivity index (χ0n) is 10.5. The van der Waals surface area contributed by atoms with Gasteiger partial charge in [0.2, 0.25) is 0 Å². The number of hydrogen-bond acceptors (Lipinski definition) is 2. The Labute approximate surface area is 113 Å². The van der Waals surface area contributed by atoms with Gasteiger partial charge in [-0.2, -0.15) is 35.8 Å². The highest BCUT2D eigenvalue weighted by Crippen LogP contribution is 2.46. The van der Waals surface area contributed by atoms with Crippen molar-refractivity contribution < 1.29 is 35.5 Å². The Hall–Kier alpha value is -1.81. The van der Waals surface area contributed by atoms with Crippen LogP contribution in [0.4, 0.5) is 30.7 Å². The average molecular weight is 321 g/mol. The predicted molar refractivity (Wildman–Crippen MR) is 55.7 cm³/mol. The van der Waals surface area contributed by atoms with Gasteiger partial charge in [-0.25, -0.2) is 0 Å². The fourth-order valence-corrected chi connectivity index (χ4v) is 1.28. The second kappa shape index (κ2) is 5.53. The van der Waals surface area contributed by atoms with Crippen molar-refractivity contribution in [2.75, 3.05) is 0 Å². The fourth-order valence-electron chi connectivity index (χ4n) is 1.28. The lowest BCUT2D eigenvalue weighted by molar-refractivity contribution is -0.344. The van der Waals surface area contributed by atoms with E-state index in [1.807, 2.05) is 0 Å². The van der Waals surface area contributed by atoms with Crippen LogP contribution in [0.15, 0.2) is 12.4 Å². The van der Waals surface area contributed by atoms with Crippen molar-refractivity contribution in [3.8, 4) is 0 Å². The van der Waals surface area contributed by atoms with E-state index >= 15 is 0 Å². The Morgan fingerprint density at radius 1 is 1.24 bits per heavy atom. The minimum Gasteiger partial charge on any atom is -0.346 e. The number of nitrogens with zero attached hydrogens (tertiary/aromatic N) is 2. The monoisotopic (exact) mass is 321 g/mol. The predicted octanol–water partition coefficient (Wildman–Crippen LogP) is 2.35. The summed E-state index contributed by atoms with van der Waals surface area (Å²) >= 11 is 0. The highest BCUT2D eigenvalue weighted by Gasteiger charge is 2.76. The van der Waals surface area contributed by atoms with Gasteiger partial charge in [-0.3, -0.25) is 9.48 Å². The maximum absolute atomic E-state index is 13.0. The molecule has 0 spiro atoms. The molecule has 21 heavy (non-hydrogen) atoms. The summed E-state index contributed by atoms with van der Waals surface area (Å²) in [5, 5.41) is 5.05. The SMILES string of the molecule is CCn1cc(CNC(=O)C(F)(F)C(F)(F)C(F)(F)F)cn1. The van der Waals surface area contributed by atoms with Crippen molar-refractivity contribution in [1.82, 2.24) is 15.1 Å². The Balaban J connectivity index is 2.78. The van der Waals surface area contributed by atoms with Gasteiger partial charge in [-0.05, 0) is 6.92 Å². The number of carbonyl (C=O) groups excluding carboxylic acids is 1. The smallest absolute Gasteiger partial charge is 0.346 e. The first-order valence-corrected chi connectivity index (χ1v) is 5.55. The zero-order chi connectivity index (χ0) is 16.5. The zero-order valence-corrected chi connectivity index (χ0v) is 10.5. The molecule has 4 nitrogen and oxygen atoms in total. The normalized spacial score (nSPS) is 13.3. The van der Waals surface area contributed by atoms with Crippen LogP contribution < -0.4 is 5.32 Å². The molecule has 1 heterocycles. The molecule has 0 bridgehead atoms. The van der Waals surface area contributed by atoms with E-state index < -0.39 is 30.5 Å². The molecule has 11 heteroatoms. The van der Waals surface area contributed by atoms with Gasteiger partial charge >= 0.3 is 18.0 Å². The maximum atomic E-state index is 13.0. The van der Waals surface area contributed by atoms with Gasteiger partial charge in [0.1, 0.15) is 0 Å². The topological polar surface area (TPSA) is 46.9 Å². The number of hydrogen-bond donors (Lipinski definition) is 1. The van der Waals surface area contributed by atoms with Crippen LogP contribution in [0, 0.1) is 0 Å². The molecule has 0 unspecified atom stereocenters. The van der Waals surface area contributed by atoms with E-state index in [2.05, 4.69) is 5.10 Å². The average Bonchev–Trinajstić information content (AvgIpc) is 2.82. The van der Waals surface area contributed by atoms with Crippen LogP contribution in [0.3, 0.4) is 0 Å². The van der Waals surface area contributed by atoms with Gasteiger partial charge in [0.15, 0.2) is 0 Å². The van der Waals surface area contributed by atoms with Crippen molar-refractivity contribution in [2.45, 2.75) is 38.0 Å². The molecule has 0 aliphatic heterocycles. The summed E-state index contributed by atoms with van der Waals surface area (Å²) in [7, 11) is 0. The lowest BCUT2D eigenvalue weighted by Gasteiger charge is -2.26. The highest BCUT2D eigenvalue weighted by atomic mass is 19.4. The van der Waals surface area contributed by atoms with Crippen molar-refractivity contribution >= 4 is 5.91 Å². The molecule has 0 aliphatic carbocycles. The third-order valence-corrected chi connectivity index (χ3v) is 2.50. The number of alkyl halides is 7. The first-order chi connectivity index (χ1) is 9.43. The van der Waals surface area contributed by atoms with Crippen LogP contribution >= 0.6 is 0 Å². The first kappa shape index (κ1) is 17.2. The lowest BCUT2D eigenvalue weighted by Crippen LogP contribution is -2.59. The van der Waals surface area contributed by atoms with Crippen molar-refractivity contribution in [3.05, 3.63) is 18.0 Å². The van der Waals surface area contributed by atoms with Gasteiger partial charge in [-0.15, -0.1) is 0 Å². The molecule has 1 aromatic rings. The Kier molecular flexibility index (Phi) is 4.54. The number of rotatable bonds is 5. The number of nitrogens with one attached hydrogen (secondary N) is 1. The summed E-state index contributed by atoms with van der Waals surface area (Å²) in [6.45, 7) is 1.48. The van der Waals surface area contributed by atoms with Gasteiger partial charge in [0, 0.05) is 24.8 Å². The van der Waals surface area contributed by atoms with E-state index in [-0.39, 0.29) is 5.56 Å². The van der Waals surface area contributed by atoms with Gasteiger partial charge in [0.05, 0.1) is 6.20 Å². The van der Waals surface area contributed by atoms with Crippen LogP contribution in [-0.4, -0.2) is 33.7 Å². The number of amides is 1. The molecule has 1 aromatic heterocycles. The molecule has 0 radical (unpaired) electrons. The standard InChI is InChI=1S/C10H10F7N3O/c1-2-20-5-6(4-19-20)3-18-7(21)8(11,12)9(13,14)10(15,16)17/h4-5H,2-3H2,1H3,(H,18,21). The van der Waals surface area contributed by atoms with Crippen molar-refractivity contribution in [1.29, 1.82) is 0 Å². The van der Waals surface area contributed by atoms with Gasteiger partial charge in [-0.1, -0.05) is 0 Å². The summed E-state index contributed by atoms with van der Waals surface area (Å²) in [5.74, 6) is -15.1. The molecule has 1 rings (SSSR count). The van der Waals surface area contributed by atoms with E-state index in [1.54, 1.807) is 6.92 Å². The van der Waals surface area contributed by atoms with E-state index in [0.29, 0.717) is 6.54 Å². The molecule has 0 saturated carbocycles. The summed E-state index contributed by atoms with van der Waals surface area (Å²) < 4.78 is 88.1. The summed E-state index contributed by atoms with van der Waals surface area (Å²) in [6, 6.07) is 0. The largest absolute Gasteiger partial charge is 0.460 e. The molecular formula is C10H10F7N3O. The third kappa shape index (κ3) is 3.27. The third-order valence-electron chi connectivity index (χ3n) is 2.50. The Bertz CT molecular complexity index is 509. The molecule has 0 atom stereocenters. The van der Waals surface area contributed by atoms with Gasteiger partial charge in [0.25, 0.3) is 5.91 Å². The molecule has 0 saturated heterocycles. The molecule has 0 aliphatic rings. The Morgan fingerprint density at radius 3 is 2.24 bits per heavy atom. The second-order valence-electron chi connectivity index (χ2n) is 4.03. The van der Waals surface area contributed by atoms with Crippen LogP contribution in [0.5, 0.6) is 0 Å². The minimum absolute atomic E-state index is 0.177. The van der Waals surface area contributed by atoms with Crippen LogP contribution in [0.2, 0.25) is 0 Å². The molecule has 0 aromatic carbocycles. The summed E-state index contributed by atoms with van der Waals surface area (Å²) in [6.07, 6.45) is -4.06. The molecule has 0 fully saturated rings. The highest BCUT2D eigenvalue weighted by molar-refractivity contribution is 5.84. The quantitative estimate of drug-likeness (QED) is 0.846. The van der Waals surface area contributed by atoms with Crippen molar-refractivity contribution in [2.24, 2.45) is 0 Å². The van der Waals surface area contributed by atoms with Crippen LogP contribution in [0.1, 0.15) is 12.5 Å². The number of halogens is 7. The van der Waals surface area contributed by atoms with Crippen LogP contribution in [0.25, 0.3) is 0 Å².